The monoisotopic (exact) mass is 301 g/mol. The fourth-order valence-electron chi connectivity index (χ4n) is 1.53. The third-order valence-corrected chi connectivity index (χ3v) is 2.42. The lowest BCUT2D eigenvalue weighted by Crippen LogP contribution is -2.50. The number of carbonyl (C=O) groups excluding carboxylic acids is 3. The van der Waals surface area contributed by atoms with Gasteiger partial charge in [-0.3, -0.25) is 9.59 Å². The molecule has 0 heterocycles. The van der Waals surface area contributed by atoms with Gasteiger partial charge in [0.1, 0.15) is 11.6 Å². The molecule has 0 aliphatic carbocycles. The first-order valence-electron chi connectivity index (χ1n) is 7.03. The Bertz CT molecular complexity index is 375. The largest absolute Gasteiger partial charge is 0.444 e. The lowest BCUT2D eigenvalue weighted by molar-refractivity contribution is -0.127. The molecule has 7 heteroatoms. The molecule has 0 fully saturated rings. The minimum absolute atomic E-state index is 0.125. The van der Waals surface area contributed by atoms with Crippen LogP contribution in [0.2, 0.25) is 0 Å². The van der Waals surface area contributed by atoms with Gasteiger partial charge in [-0.05, 0) is 33.1 Å². The van der Waals surface area contributed by atoms with Crippen LogP contribution in [-0.2, 0) is 14.3 Å². The molecule has 0 spiro atoms. The Morgan fingerprint density at radius 3 is 2.14 bits per heavy atom. The summed E-state index contributed by atoms with van der Waals surface area (Å²) in [6.07, 6.45) is -0.193. The van der Waals surface area contributed by atoms with E-state index in [1.54, 1.807) is 20.8 Å². The second-order valence-electron chi connectivity index (χ2n) is 6.22. The fraction of sp³-hybridized carbons (Fsp3) is 0.786. The van der Waals surface area contributed by atoms with E-state index in [4.69, 9.17) is 4.74 Å². The zero-order chi connectivity index (χ0) is 16.6. The van der Waals surface area contributed by atoms with Gasteiger partial charge in [0.25, 0.3) is 0 Å². The van der Waals surface area contributed by atoms with Gasteiger partial charge in [0, 0.05) is 7.05 Å². The number of alkyl carbamates (subject to hydrolysis) is 1. The Labute approximate surface area is 126 Å². The first-order valence-corrected chi connectivity index (χ1v) is 7.03. The molecule has 0 aliphatic rings. The molecule has 0 bridgehead atoms. The molecule has 0 aromatic carbocycles. The molecule has 7 nitrogen and oxygen atoms in total. The van der Waals surface area contributed by atoms with Gasteiger partial charge in [0.2, 0.25) is 11.8 Å². The molecular formula is C14H27N3O4. The number of hydrogen-bond donors (Lipinski definition) is 3. The van der Waals surface area contributed by atoms with E-state index in [2.05, 4.69) is 16.0 Å². The van der Waals surface area contributed by atoms with Crippen LogP contribution in [0.4, 0.5) is 4.79 Å². The van der Waals surface area contributed by atoms with Crippen molar-refractivity contribution in [3.8, 4) is 0 Å². The van der Waals surface area contributed by atoms with Crippen LogP contribution in [0.1, 0.15) is 41.0 Å². The predicted octanol–water partition coefficient (Wildman–Crippen LogP) is 0.788. The van der Waals surface area contributed by atoms with Crippen LogP contribution in [0.5, 0.6) is 0 Å². The normalized spacial score (nSPS) is 12.5. The quantitative estimate of drug-likeness (QED) is 0.675. The molecule has 0 saturated heterocycles. The maximum Gasteiger partial charge on any atom is 0.408 e. The molecule has 122 valence electrons. The van der Waals surface area contributed by atoms with Gasteiger partial charge in [-0.1, -0.05) is 13.8 Å². The second-order valence-corrected chi connectivity index (χ2v) is 6.22. The Balaban J connectivity index is 4.60. The molecule has 1 atom stereocenters. The van der Waals surface area contributed by atoms with Crippen LogP contribution in [0.15, 0.2) is 0 Å². The maximum absolute atomic E-state index is 12.0. The smallest absolute Gasteiger partial charge is 0.408 e. The summed E-state index contributed by atoms with van der Waals surface area (Å²) in [5.41, 5.74) is -0.634. The molecular weight excluding hydrogens is 274 g/mol. The number of likely N-dealkylation sites (N-methyl/N-ethyl adjacent to an activating group) is 1. The van der Waals surface area contributed by atoms with Gasteiger partial charge in [0.15, 0.2) is 0 Å². The number of hydrogen-bond acceptors (Lipinski definition) is 4. The highest BCUT2D eigenvalue weighted by atomic mass is 16.6. The number of amides is 3. The third-order valence-electron chi connectivity index (χ3n) is 2.42. The highest BCUT2D eigenvalue weighted by Crippen LogP contribution is 2.09. The van der Waals surface area contributed by atoms with E-state index in [-0.39, 0.29) is 18.4 Å². The van der Waals surface area contributed by atoms with E-state index in [0.29, 0.717) is 6.42 Å². The lowest BCUT2D eigenvalue weighted by Gasteiger charge is -2.24. The Morgan fingerprint density at radius 2 is 1.71 bits per heavy atom. The minimum atomic E-state index is -0.732. The summed E-state index contributed by atoms with van der Waals surface area (Å²) in [7, 11) is 1.49. The van der Waals surface area contributed by atoms with E-state index >= 15 is 0 Å². The molecule has 0 aromatic heterocycles. The van der Waals surface area contributed by atoms with E-state index in [0.717, 1.165) is 0 Å². The SMILES string of the molecule is CNC(=O)CNC(=O)[C@H](CC(C)C)NC(=O)OC(C)(C)C. The molecule has 0 unspecified atom stereocenters. The average Bonchev–Trinajstić information content (AvgIpc) is 2.31. The number of carbonyl (C=O) groups is 3. The van der Waals surface area contributed by atoms with Crippen molar-refractivity contribution in [1.82, 2.24) is 16.0 Å². The van der Waals surface area contributed by atoms with Gasteiger partial charge >= 0.3 is 6.09 Å². The summed E-state index contributed by atoms with van der Waals surface area (Å²) in [4.78, 5) is 34.9. The standard InChI is InChI=1S/C14H27N3O4/c1-9(2)7-10(12(19)16-8-11(18)15-6)17-13(20)21-14(3,4)5/h9-10H,7-8H2,1-6H3,(H,15,18)(H,16,19)(H,17,20)/t10-/m0/s1. The molecule has 21 heavy (non-hydrogen) atoms. The van der Waals surface area contributed by atoms with Crippen LogP contribution in [0, 0.1) is 5.92 Å². The van der Waals surface area contributed by atoms with Crippen molar-refractivity contribution in [3.63, 3.8) is 0 Å². The fourth-order valence-corrected chi connectivity index (χ4v) is 1.53. The Hall–Kier alpha value is -1.79. The molecule has 3 N–H and O–H groups in total. The van der Waals surface area contributed by atoms with E-state index < -0.39 is 23.6 Å². The van der Waals surface area contributed by atoms with Crippen LogP contribution in [-0.4, -0.2) is 43.1 Å². The number of ether oxygens (including phenoxy) is 1. The number of rotatable bonds is 6. The Kier molecular flexibility index (Phi) is 7.76. The first-order chi connectivity index (χ1) is 9.55. The summed E-state index contributed by atoms with van der Waals surface area (Å²) >= 11 is 0. The van der Waals surface area contributed by atoms with Gasteiger partial charge in [-0.2, -0.15) is 0 Å². The van der Waals surface area contributed by atoms with E-state index in [1.807, 2.05) is 13.8 Å². The zero-order valence-electron chi connectivity index (χ0n) is 13.7. The molecule has 0 aromatic rings. The van der Waals surface area contributed by atoms with Crippen LogP contribution >= 0.6 is 0 Å². The van der Waals surface area contributed by atoms with Gasteiger partial charge in [-0.25, -0.2) is 4.79 Å². The zero-order valence-corrected chi connectivity index (χ0v) is 13.7. The highest BCUT2D eigenvalue weighted by molar-refractivity contribution is 5.89. The predicted molar refractivity (Wildman–Crippen MR) is 79.7 cm³/mol. The van der Waals surface area contributed by atoms with Crippen molar-refractivity contribution in [1.29, 1.82) is 0 Å². The van der Waals surface area contributed by atoms with Crippen LogP contribution < -0.4 is 16.0 Å². The van der Waals surface area contributed by atoms with Crippen molar-refractivity contribution in [2.75, 3.05) is 13.6 Å². The molecule has 0 radical (unpaired) electrons. The summed E-state index contributed by atoms with van der Waals surface area (Å²) in [6.45, 7) is 8.99. The summed E-state index contributed by atoms with van der Waals surface area (Å²) in [5, 5.41) is 7.43. The summed E-state index contributed by atoms with van der Waals surface area (Å²) < 4.78 is 5.14. The van der Waals surface area contributed by atoms with E-state index in [1.165, 1.54) is 7.05 Å². The highest BCUT2D eigenvalue weighted by Gasteiger charge is 2.25. The molecule has 3 amide bonds. The van der Waals surface area contributed by atoms with Crippen molar-refractivity contribution >= 4 is 17.9 Å². The van der Waals surface area contributed by atoms with Crippen molar-refractivity contribution in [3.05, 3.63) is 0 Å². The second kappa shape index (κ2) is 8.49. The molecule has 0 saturated carbocycles. The van der Waals surface area contributed by atoms with Crippen LogP contribution in [0.25, 0.3) is 0 Å². The van der Waals surface area contributed by atoms with E-state index in [9.17, 15) is 14.4 Å². The lowest BCUT2D eigenvalue weighted by atomic mass is 10.0. The van der Waals surface area contributed by atoms with Crippen molar-refractivity contribution < 1.29 is 19.1 Å². The summed E-state index contributed by atoms with van der Waals surface area (Å²) in [6, 6.07) is -0.732. The van der Waals surface area contributed by atoms with Crippen LogP contribution in [0.3, 0.4) is 0 Å². The van der Waals surface area contributed by atoms with Gasteiger partial charge in [-0.15, -0.1) is 0 Å². The Morgan fingerprint density at radius 1 is 1.14 bits per heavy atom. The maximum atomic E-state index is 12.0. The first kappa shape index (κ1) is 19.2. The minimum Gasteiger partial charge on any atom is -0.444 e. The number of nitrogens with one attached hydrogen (secondary N) is 3. The van der Waals surface area contributed by atoms with Gasteiger partial charge in [0.05, 0.1) is 6.54 Å². The topological polar surface area (TPSA) is 96.5 Å². The summed E-state index contributed by atoms with van der Waals surface area (Å²) in [5.74, 6) is -0.502. The average molecular weight is 301 g/mol. The molecule has 0 rings (SSSR count). The van der Waals surface area contributed by atoms with Gasteiger partial charge < -0.3 is 20.7 Å². The van der Waals surface area contributed by atoms with Crippen molar-refractivity contribution in [2.24, 2.45) is 5.92 Å². The molecule has 0 aliphatic heterocycles. The van der Waals surface area contributed by atoms with Crippen molar-refractivity contribution in [2.45, 2.75) is 52.7 Å². The third kappa shape index (κ3) is 9.70.